The summed E-state index contributed by atoms with van der Waals surface area (Å²) in [6.07, 6.45) is 3.71. The molecule has 1 aliphatic heterocycles. The van der Waals surface area contributed by atoms with Gasteiger partial charge in [-0.3, -0.25) is 4.79 Å². The van der Waals surface area contributed by atoms with Gasteiger partial charge in [0, 0.05) is 19.7 Å². The number of hydrogen-bond donors (Lipinski definition) is 1. The Balaban J connectivity index is 2.47. The molecule has 16 heavy (non-hydrogen) atoms. The van der Waals surface area contributed by atoms with Gasteiger partial charge >= 0.3 is 0 Å². The molecule has 0 aliphatic carbocycles. The molecule has 94 valence electrons. The molecule has 4 nitrogen and oxygen atoms in total. The zero-order valence-electron chi connectivity index (χ0n) is 10.5. The second kappa shape index (κ2) is 7.63. The third-order valence-corrected chi connectivity index (χ3v) is 3.05. The lowest BCUT2D eigenvalue weighted by Crippen LogP contribution is -2.46. The zero-order chi connectivity index (χ0) is 11.8. The lowest BCUT2D eigenvalue weighted by atomic mass is 10.0. The highest BCUT2D eigenvalue weighted by Gasteiger charge is 2.23. The van der Waals surface area contributed by atoms with Crippen molar-refractivity contribution in [1.82, 2.24) is 10.2 Å². The molecule has 1 N–H and O–H groups in total. The molecule has 1 heterocycles. The minimum Gasteiger partial charge on any atom is -0.384 e. The molecule has 0 aromatic heterocycles. The predicted octanol–water partition coefficient (Wildman–Crippen LogP) is 1.01. The van der Waals surface area contributed by atoms with E-state index >= 15 is 0 Å². The van der Waals surface area contributed by atoms with Crippen LogP contribution in [0.5, 0.6) is 0 Å². The van der Waals surface area contributed by atoms with E-state index in [1.807, 2.05) is 0 Å². The molecule has 0 spiro atoms. The molecule has 1 rings (SSSR count). The van der Waals surface area contributed by atoms with Crippen LogP contribution in [0.25, 0.3) is 0 Å². The van der Waals surface area contributed by atoms with Crippen LogP contribution in [-0.2, 0) is 9.53 Å². The van der Waals surface area contributed by atoms with Gasteiger partial charge in [0.15, 0.2) is 0 Å². The Kier molecular flexibility index (Phi) is 6.42. The fourth-order valence-electron chi connectivity index (χ4n) is 2.20. The number of methoxy groups -OCH3 is 1. The molecule has 1 saturated heterocycles. The number of hydrogen-bond acceptors (Lipinski definition) is 3. The first-order valence-electron chi connectivity index (χ1n) is 6.28. The molecule has 0 aromatic rings. The molecule has 0 aromatic carbocycles. The maximum absolute atomic E-state index is 12.0. The highest BCUT2D eigenvalue weighted by molar-refractivity contribution is 5.76. The number of carbonyl (C=O) groups excluding carboxylic acids is 1. The van der Waals surface area contributed by atoms with Crippen LogP contribution in [0.4, 0.5) is 0 Å². The number of rotatable bonds is 6. The van der Waals surface area contributed by atoms with E-state index in [9.17, 15) is 4.79 Å². The summed E-state index contributed by atoms with van der Waals surface area (Å²) in [7, 11) is 1.64. The first-order valence-corrected chi connectivity index (χ1v) is 6.28. The minimum absolute atomic E-state index is 0.246. The molecule has 1 aliphatic rings. The number of amides is 1. The summed E-state index contributed by atoms with van der Waals surface area (Å²) in [5.41, 5.74) is 0. The van der Waals surface area contributed by atoms with Crippen molar-refractivity contribution in [3.63, 3.8) is 0 Å². The van der Waals surface area contributed by atoms with Crippen LogP contribution in [-0.4, -0.2) is 50.2 Å². The van der Waals surface area contributed by atoms with Gasteiger partial charge in [0.2, 0.25) is 5.91 Å². The number of carbonyl (C=O) groups is 1. The first kappa shape index (κ1) is 13.5. The van der Waals surface area contributed by atoms with Crippen molar-refractivity contribution < 1.29 is 9.53 Å². The lowest BCUT2D eigenvalue weighted by Gasteiger charge is -2.34. The van der Waals surface area contributed by atoms with Crippen molar-refractivity contribution in [1.29, 1.82) is 0 Å². The van der Waals surface area contributed by atoms with Crippen molar-refractivity contribution in [3.05, 3.63) is 0 Å². The lowest BCUT2D eigenvalue weighted by molar-refractivity contribution is -0.135. The monoisotopic (exact) mass is 228 g/mol. The molecule has 4 heteroatoms. The highest BCUT2D eigenvalue weighted by atomic mass is 16.5. The van der Waals surface area contributed by atoms with E-state index < -0.39 is 0 Å². The summed E-state index contributed by atoms with van der Waals surface area (Å²) in [4.78, 5) is 14.1. The van der Waals surface area contributed by atoms with E-state index in [1.165, 1.54) is 0 Å². The van der Waals surface area contributed by atoms with Gasteiger partial charge in [0.05, 0.1) is 13.0 Å². The summed E-state index contributed by atoms with van der Waals surface area (Å²) in [5.74, 6) is 0.246. The molecule has 0 atom stereocenters. The van der Waals surface area contributed by atoms with Gasteiger partial charge in [-0.15, -0.1) is 0 Å². The summed E-state index contributed by atoms with van der Waals surface area (Å²) in [6.45, 7) is 5.60. The molecule has 0 saturated carbocycles. The quantitative estimate of drug-likeness (QED) is 0.738. The fourth-order valence-corrected chi connectivity index (χ4v) is 2.20. The number of ether oxygens (including phenoxy) is 1. The molecule has 1 fully saturated rings. The summed E-state index contributed by atoms with van der Waals surface area (Å²) in [5, 5.41) is 3.33. The Labute approximate surface area is 98.3 Å². The van der Waals surface area contributed by atoms with Crippen molar-refractivity contribution >= 4 is 5.91 Å². The van der Waals surface area contributed by atoms with Crippen LogP contribution < -0.4 is 5.32 Å². The number of piperidine rings is 1. The van der Waals surface area contributed by atoms with E-state index in [1.54, 1.807) is 7.11 Å². The predicted molar refractivity (Wildman–Crippen MR) is 64.4 cm³/mol. The Morgan fingerprint density at radius 3 is 2.69 bits per heavy atom. The molecular formula is C12H24N2O2. The fraction of sp³-hybridized carbons (Fsp3) is 0.917. The summed E-state index contributed by atoms with van der Waals surface area (Å²) < 4.78 is 4.97. The van der Waals surface area contributed by atoms with Crippen molar-refractivity contribution in [3.8, 4) is 0 Å². The van der Waals surface area contributed by atoms with Gasteiger partial charge < -0.3 is 15.0 Å². The van der Waals surface area contributed by atoms with E-state index in [0.29, 0.717) is 19.1 Å². The maximum Gasteiger partial charge on any atom is 0.225 e. The molecule has 0 radical (unpaired) electrons. The van der Waals surface area contributed by atoms with Gasteiger partial charge in [-0.1, -0.05) is 6.92 Å². The Morgan fingerprint density at radius 2 is 2.12 bits per heavy atom. The van der Waals surface area contributed by atoms with Gasteiger partial charge in [0.1, 0.15) is 0 Å². The van der Waals surface area contributed by atoms with Crippen LogP contribution in [0.2, 0.25) is 0 Å². The van der Waals surface area contributed by atoms with E-state index in [2.05, 4.69) is 17.1 Å². The van der Waals surface area contributed by atoms with Crippen molar-refractivity contribution in [2.24, 2.45) is 0 Å². The second-order valence-electron chi connectivity index (χ2n) is 4.31. The third kappa shape index (κ3) is 4.10. The average molecular weight is 228 g/mol. The topological polar surface area (TPSA) is 41.6 Å². The normalized spacial score (nSPS) is 17.4. The van der Waals surface area contributed by atoms with Gasteiger partial charge in [0.25, 0.3) is 0 Å². The first-order chi connectivity index (χ1) is 7.79. The Hall–Kier alpha value is -0.610. The largest absolute Gasteiger partial charge is 0.384 e. The standard InChI is InChI=1S/C12H24N2O2/c1-3-9-14(12(15)6-10-16-2)11-4-7-13-8-5-11/h11,13H,3-10H2,1-2H3. The van der Waals surface area contributed by atoms with Crippen LogP contribution in [0.1, 0.15) is 32.6 Å². The second-order valence-corrected chi connectivity index (χ2v) is 4.31. The molecule has 0 bridgehead atoms. The van der Waals surface area contributed by atoms with Gasteiger partial charge in [-0.05, 0) is 32.4 Å². The Morgan fingerprint density at radius 1 is 1.44 bits per heavy atom. The SMILES string of the molecule is CCCN(C(=O)CCOC)C1CCNCC1. The van der Waals surface area contributed by atoms with Crippen molar-refractivity contribution in [2.75, 3.05) is 33.4 Å². The molecular weight excluding hydrogens is 204 g/mol. The maximum atomic E-state index is 12.0. The highest BCUT2D eigenvalue weighted by Crippen LogP contribution is 2.13. The third-order valence-electron chi connectivity index (χ3n) is 3.05. The number of nitrogens with zero attached hydrogens (tertiary/aromatic N) is 1. The van der Waals surface area contributed by atoms with Gasteiger partial charge in [-0.25, -0.2) is 0 Å². The van der Waals surface area contributed by atoms with E-state index in [4.69, 9.17) is 4.74 Å². The van der Waals surface area contributed by atoms with Gasteiger partial charge in [-0.2, -0.15) is 0 Å². The zero-order valence-corrected chi connectivity index (χ0v) is 10.5. The van der Waals surface area contributed by atoms with E-state index in [-0.39, 0.29) is 5.91 Å². The van der Waals surface area contributed by atoms with E-state index in [0.717, 1.165) is 38.9 Å². The van der Waals surface area contributed by atoms with Crippen LogP contribution in [0, 0.1) is 0 Å². The minimum atomic E-state index is 0.246. The van der Waals surface area contributed by atoms with Crippen LogP contribution in [0.15, 0.2) is 0 Å². The molecule has 1 amide bonds. The summed E-state index contributed by atoms with van der Waals surface area (Å²) in [6, 6.07) is 0.436. The summed E-state index contributed by atoms with van der Waals surface area (Å²) >= 11 is 0. The van der Waals surface area contributed by atoms with Crippen LogP contribution >= 0.6 is 0 Å². The molecule has 0 unspecified atom stereocenters. The average Bonchev–Trinajstić information content (AvgIpc) is 2.34. The Bertz CT molecular complexity index is 203. The van der Waals surface area contributed by atoms with Crippen LogP contribution in [0.3, 0.4) is 0 Å². The number of nitrogens with one attached hydrogen (secondary N) is 1. The smallest absolute Gasteiger partial charge is 0.225 e. The van der Waals surface area contributed by atoms with Crippen molar-refractivity contribution in [2.45, 2.75) is 38.6 Å².